The van der Waals surface area contributed by atoms with Crippen molar-refractivity contribution >= 4 is 21.6 Å². The summed E-state index contributed by atoms with van der Waals surface area (Å²) in [6.45, 7) is 0. The standard InChI is InChI=1S/C7H3F2NOS/c8-3-1-2-4-6(5(3)9)10-7(11)12-4/h1-2H,(H,10,11). The van der Waals surface area contributed by atoms with Crippen LogP contribution in [0.25, 0.3) is 10.2 Å². The van der Waals surface area contributed by atoms with Crippen molar-refractivity contribution < 1.29 is 8.78 Å². The average Bonchev–Trinajstić information content (AvgIpc) is 2.39. The van der Waals surface area contributed by atoms with E-state index in [2.05, 4.69) is 4.98 Å². The van der Waals surface area contributed by atoms with Crippen LogP contribution in [0.1, 0.15) is 0 Å². The van der Waals surface area contributed by atoms with Gasteiger partial charge in [0.15, 0.2) is 11.6 Å². The number of H-pyrrole nitrogens is 1. The first-order valence-corrected chi connectivity index (χ1v) is 3.97. The van der Waals surface area contributed by atoms with Gasteiger partial charge in [0.25, 0.3) is 0 Å². The predicted octanol–water partition coefficient (Wildman–Crippen LogP) is 1.87. The number of hydrogen-bond acceptors (Lipinski definition) is 2. The molecular formula is C7H3F2NOS. The lowest BCUT2D eigenvalue weighted by molar-refractivity contribution is 0.515. The summed E-state index contributed by atoms with van der Waals surface area (Å²) in [6, 6.07) is 2.37. The van der Waals surface area contributed by atoms with Gasteiger partial charge in [0, 0.05) is 0 Å². The van der Waals surface area contributed by atoms with E-state index in [1.54, 1.807) is 0 Å². The summed E-state index contributed by atoms with van der Waals surface area (Å²) in [5.74, 6) is -1.94. The van der Waals surface area contributed by atoms with Crippen molar-refractivity contribution in [2.45, 2.75) is 0 Å². The Hall–Kier alpha value is -1.23. The third-order valence-electron chi connectivity index (χ3n) is 1.49. The number of fused-ring (bicyclic) bond motifs is 1. The number of aromatic nitrogens is 1. The van der Waals surface area contributed by atoms with Gasteiger partial charge in [0.2, 0.25) is 0 Å². The molecule has 0 spiro atoms. The van der Waals surface area contributed by atoms with E-state index in [-0.39, 0.29) is 10.4 Å². The van der Waals surface area contributed by atoms with Crippen molar-refractivity contribution in [3.63, 3.8) is 0 Å². The molecule has 0 aliphatic carbocycles. The van der Waals surface area contributed by atoms with Crippen molar-refractivity contribution in [3.05, 3.63) is 33.4 Å². The largest absolute Gasteiger partial charge is 0.310 e. The number of halogens is 2. The Kier molecular flexibility index (Phi) is 1.47. The van der Waals surface area contributed by atoms with Gasteiger partial charge in [0.1, 0.15) is 0 Å². The fourth-order valence-electron chi connectivity index (χ4n) is 0.962. The molecule has 0 radical (unpaired) electrons. The average molecular weight is 187 g/mol. The molecule has 1 aromatic carbocycles. The smallest absolute Gasteiger partial charge is 0.305 e. The van der Waals surface area contributed by atoms with E-state index in [4.69, 9.17) is 0 Å². The van der Waals surface area contributed by atoms with Gasteiger partial charge in [-0.25, -0.2) is 8.78 Å². The first-order chi connectivity index (χ1) is 5.68. The van der Waals surface area contributed by atoms with Crippen LogP contribution in [0.2, 0.25) is 0 Å². The van der Waals surface area contributed by atoms with E-state index in [9.17, 15) is 13.6 Å². The van der Waals surface area contributed by atoms with E-state index < -0.39 is 11.6 Å². The summed E-state index contributed by atoms with van der Waals surface area (Å²) >= 11 is 0.857. The summed E-state index contributed by atoms with van der Waals surface area (Å²) < 4.78 is 25.9. The van der Waals surface area contributed by atoms with Crippen LogP contribution in [-0.2, 0) is 0 Å². The Morgan fingerprint density at radius 1 is 1.33 bits per heavy atom. The molecule has 1 heterocycles. The van der Waals surface area contributed by atoms with Gasteiger partial charge in [-0.05, 0) is 12.1 Å². The molecule has 1 N–H and O–H groups in total. The van der Waals surface area contributed by atoms with Crippen LogP contribution in [0.4, 0.5) is 8.78 Å². The highest BCUT2D eigenvalue weighted by molar-refractivity contribution is 7.16. The Morgan fingerprint density at radius 3 is 2.83 bits per heavy atom. The summed E-state index contributed by atoms with van der Waals surface area (Å²) in [6.07, 6.45) is 0. The molecule has 5 heteroatoms. The van der Waals surface area contributed by atoms with E-state index in [0.717, 1.165) is 17.4 Å². The van der Waals surface area contributed by atoms with Crippen molar-refractivity contribution in [3.8, 4) is 0 Å². The highest BCUT2D eigenvalue weighted by atomic mass is 32.1. The van der Waals surface area contributed by atoms with E-state index in [0.29, 0.717) is 4.70 Å². The monoisotopic (exact) mass is 187 g/mol. The predicted molar refractivity (Wildman–Crippen MR) is 42.4 cm³/mol. The van der Waals surface area contributed by atoms with Gasteiger partial charge in [-0.1, -0.05) is 11.3 Å². The Morgan fingerprint density at radius 2 is 2.08 bits per heavy atom. The lowest BCUT2D eigenvalue weighted by atomic mass is 10.3. The maximum absolute atomic E-state index is 12.9. The quantitative estimate of drug-likeness (QED) is 0.671. The molecule has 12 heavy (non-hydrogen) atoms. The summed E-state index contributed by atoms with van der Waals surface area (Å²) in [4.78, 5) is 12.6. The second-order valence-corrected chi connectivity index (χ2v) is 3.26. The third-order valence-corrected chi connectivity index (χ3v) is 2.33. The van der Waals surface area contributed by atoms with Crippen LogP contribution in [-0.4, -0.2) is 4.98 Å². The Bertz CT molecular complexity index is 488. The van der Waals surface area contributed by atoms with Crippen LogP contribution in [0, 0.1) is 11.6 Å². The molecule has 0 saturated carbocycles. The van der Waals surface area contributed by atoms with Crippen molar-refractivity contribution in [2.24, 2.45) is 0 Å². The van der Waals surface area contributed by atoms with E-state index >= 15 is 0 Å². The highest BCUT2D eigenvalue weighted by Crippen LogP contribution is 2.19. The van der Waals surface area contributed by atoms with Gasteiger partial charge in [-0.15, -0.1) is 0 Å². The minimum absolute atomic E-state index is 0.0509. The van der Waals surface area contributed by atoms with Crippen LogP contribution in [0.15, 0.2) is 16.9 Å². The Labute approximate surface area is 69.5 Å². The first-order valence-electron chi connectivity index (χ1n) is 3.15. The highest BCUT2D eigenvalue weighted by Gasteiger charge is 2.09. The zero-order chi connectivity index (χ0) is 8.72. The van der Waals surface area contributed by atoms with Crippen molar-refractivity contribution in [1.82, 2.24) is 4.98 Å². The zero-order valence-corrected chi connectivity index (χ0v) is 6.54. The normalized spacial score (nSPS) is 10.8. The molecule has 0 amide bonds. The van der Waals surface area contributed by atoms with Crippen LogP contribution in [0.3, 0.4) is 0 Å². The van der Waals surface area contributed by atoms with Crippen LogP contribution < -0.4 is 4.87 Å². The second-order valence-electron chi connectivity index (χ2n) is 2.25. The molecule has 0 saturated heterocycles. The minimum atomic E-state index is -0.995. The number of nitrogens with one attached hydrogen (secondary N) is 1. The lowest BCUT2D eigenvalue weighted by Crippen LogP contribution is -1.92. The van der Waals surface area contributed by atoms with Gasteiger partial charge < -0.3 is 4.98 Å². The van der Waals surface area contributed by atoms with E-state index in [1.165, 1.54) is 6.07 Å². The number of rotatable bonds is 0. The topological polar surface area (TPSA) is 32.9 Å². The Balaban J connectivity index is 2.99. The van der Waals surface area contributed by atoms with E-state index in [1.807, 2.05) is 0 Å². The molecule has 2 rings (SSSR count). The molecular weight excluding hydrogens is 184 g/mol. The van der Waals surface area contributed by atoms with Crippen LogP contribution >= 0.6 is 11.3 Å². The molecule has 62 valence electrons. The van der Waals surface area contributed by atoms with Gasteiger partial charge in [-0.2, -0.15) is 0 Å². The number of benzene rings is 1. The second kappa shape index (κ2) is 2.38. The minimum Gasteiger partial charge on any atom is -0.310 e. The third kappa shape index (κ3) is 0.937. The molecule has 2 nitrogen and oxygen atoms in total. The fourth-order valence-corrected chi connectivity index (χ4v) is 1.69. The summed E-state index contributed by atoms with van der Waals surface area (Å²) in [7, 11) is 0. The molecule has 2 aromatic rings. The molecule has 0 fully saturated rings. The molecule has 0 aliphatic heterocycles. The number of aromatic amines is 1. The summed E-state index contributed by atoms with van der Waals surface area (Å²) in [5, 5.41) is 0. The molecule has 0 unspecified atom stereocenters. The van der Waals surface area contributed by atoms with Gasteiger partial charge >= 0.3 is 4.87 Å². The lowest BCUT2D eigenvalue weighted by Gasteiger charge is -1.91. The molecule has 0 atom stereocenters. The SMILES string of the molecule is O=c1[nH]c2c(F)c(F)ccc2s1. The van der Waals surface area contributed by atoms with Gasteiger partial charge in [-0.3, -0.25) is 4.79 Å². The maximum atomic E-state index is 12.9. The molecule has 0 bridgehead atoms. The number of hydrogen-bond donors (Lipinski definition) is 1. The van der Waals surface area contributed by atoms with Crippen LogP contribution in [0.5, 0.6) is 0 Å². The fraction of sp³-hybridized carbons (Fsp3) is 0. The van der Waals surface area contributed by atoms with Gasteiger partial charge in [0.05, 0.1) is 10.2 Å². The molecule has 1 aromatic heterocycles. The zero-order valence-electron chi connectivity index (χ0n) is 5.73. The van der Waals surface area contributed by atoms with Crippen molar-refractivity contribution in [1.29, 1.82) is 0 Å². The summed E-state index contributed by atoms with van der Waals surface area (Å²) in [5.41, 5.74) is -0.0509. The number of thiazole rings is 1. The maximum Gasteiger partial charge on any atom is 0.305 e. The van der Waals surface area contributed by atoms with Crippen molar-refractivity contribution in [2.75, 3.05) is 0 Å². The first kappa shape index (κ1) is 7.42. The molecule has 0 aliphatic rings.